The van der Waals surface area contributed by atoms with E-state index in [4.69, 9.17) is 11.6 Å². The van der Waals surface area contributed by atoms with E-state index in [9.17, 15) is 29.2 Å². The zero-order chi connectivity index (χ0) is 40.9. The number of piperazine rings is 1. The van der Waals surface area contributed by atoms with Gasteiger partial charge in [-0.25, -0.2) is 9.37 Å². The number of nitrogens with zero attached hydrogens (tertiary/aromatic N) is 7. The van der Waals surface area contributed by atoms with Gasteiger partial charge in [0.15, 0.2) is 0 Å². The molecule has 2 aromatic heterocycles. The van der Waals surface area contributed by atoms with Crippen molar-refractivity contribution in [1.29, 1.82) is 5.26 Å². The van der Waals surface area contributed by atoms with E-state index in [1.807, 2.05) is 23.1 Å². The molecular weight excluding hydrogens is 779 g/mol. The molecule has 59 heavy (non-hydrogen) atoms. The number of H-pyrrole nitrogens is 1. The maximum Gasteiger partial charge on any atom is 0.270 e. The number of aromatic nitrogens is 2. The topological polar surface area (TPSA) is 178 Å². The van der Waals surface area contributed by atoms with Crippen molar-refractivity contribution in [3.8, 4) is 6.07 Å². The van der Waals surface area contributed by atoms with Crippen molar-refractivity contribution >= 4 is 69.1 Å². The largest absolute Gasteiger partial charge is 0.370 e. The van der Waals surface area contributed by atoms with Gasteiger partial charge in [0.2, 0.25) is 11.8 Å². The van der Waals surface area contributed by atoms with E-state index < -0.39 is 35.5 Å². The van der Waals surface area contributed by atoms with Crippen molar-refractivity contribution in [3.63, 3.8) is 0 Å². The number of amides is 5. The Bertz CT molecular complexity index is 2410. The van der Waals surface area contributed by atoms with Gasteiger partial charge in [0.25, 0.3) is 17.7 Å². The Morgan fingerprint density at radius 1 is 0.847 bits per heavy atom. The van der Waals surface area contributed by atoms with Gasteiger partial charge in [0, 0.05) is 82.4 Å². The molecule has 0 bridgehead atoms. The summed E-state index contributed by atoms with van der Waals surface area (Å²) in [7, 11) is 0. The molecule has 1 atom stereocenters. The van der Waals surface area contributed by atoms with Gasteiger partial charge in [-0.1, -0.05) is 11.6 Å². The predicted octanol–water partition coefficient (Wildman–Crippen LogP) is 3.82. The third-order valence-electron chi connectivity index (χ3n) is 12.5. The Morgan fingerprint density at radius 3 is 2.22 bits per heavy atom. The number of hydrogen-bond donors (Lipinski definition) is 3. The highest BCUT2D eigenvalue weighted by Gasteiger charge is 2.45. The Morgan fingerprint density at radius 2 is 1.54 bits per heavy atom. The molecule has 9 rings (SSSR count). The normalized spacial score (nSPS) is 20.9. The van der Waals surface area contributed by atoms with E-state index in [0.717, 1.165) is 85.1 Å². The van der Waals surface area contributed by atoms with Crippen LogP contribution in [0, 0.1) is 17.1 Å². The zero-order valence-electron chi connectivity index (χ0n) is 32.2. The van der Waals surface area contributed by atoms with E-state index in [1.165, 1.54) is 6.07 Å². The first kappa shape index (κ1) is 38.5. The van der Waals surface area contributed by atoms with Crippen LogP contribution in [0.2, 0.25) is 5.02 Å². The molecule has 5 amide bonds. The molecule has 17 heteroatoms. The van der Waals surface area contributed by atoms with E-state index in [0.29, 0.717) is 48.5 Å². The predicted molar refractivity (Wildman–Crippen MR) is 217 cm³/mol. The first-order chi connectivity index (χ1) is 28.6. The Kier molecular flexibility index (Phi) is 10.2. The average molecular weight is 821 g/mol. The van der Waals surface area contributed by atoms with Gasteiger partial charge < -0.3 is 25.0 Å². The van der Waals surface area contributed by atoms with Crippen LogP contribution >= 0.6 is 11.6 Å². The van der Waals surface area contributed by atoms with Gasteiger partial charge in [0.05, 0.1) is 50.5 Å². The number of hydrogen-bond acceptors (Lipinski definition) is 11. The Balaban J connectivity index is 0.741. The summed E-state index contributed by atoms with van der Waals surface area (Å²) in [6, 6.07) is 11.5. The van der Waals surface area contributed by atoms with E-state index in [2.05, 4.69) is 41.4 Å². The van der Waals surface area contributed by atoms with Crippen LogP contribution in [-0.4, -0.2) is 120 Å². The number of aromatic amines is 1. The fraction of sp³-hybridized carbons (Fsp3) is 0.405. The lowest BCUT2D eigenvalue weighted by Gasteiger charge is -2.43. The van der Waals surface area contributed by atoms with Crippen LogP contribution in [-0.2, 0) is 9.59 Å². The highest BCUT2D eigenvalue weighted by molar-refractivity contribution is 6.36. The molecule has 0 radical (unpaired) electrons. The average Bonchev–Trinajstić information content (AvgIpc) is 3.79. The monoisotopic (exact) mass is 820 g/mol. The number of carbonyl (C=O) groups excluding carboxylic acids is 5. The number of nitriles is 1. The Labute approximate surface area is 344 Å². The van der Waals surface area contributed by atoms with Gasteiger partial charge in [0.1, 0.15) is 23.6 Å². The number of fused-ring (bicyclic) bond motifs is 2. The molecule has 15 nitrogen and oxygen atoms in total. The number of anilines is 3. The smallest absolute Gasteiger partial charge is 0.270 e. The molecule has 3 N–H and O–H groups in total. The van der Waals surface area contributed by atoms with Crippen molar-refractivity contribution in [2.45, 2.75) is 56.7 Å². The fourth-order valence-corrected chi connectivity index (χ4v) is 9.57. The number of carbonyl (C=O) groups is 5. The number of benzene rings is 2. The van der Waals surface area contributed by atoms with Crippen LogP contribution < -0.4 is 25.3 Å². The van der Waals surface area contributed by atoms with Crippen LogP contribution in [0.25, 0.3) is 10.9 Å². The second kappa shape index (κ2) is 15.6. The molecule has 4 saturated heterocycles. The van der Waals surface area contributed by atoms with Crippen LogP contribution in [0.5, 0.6) is 0 Å². The molecule has 0 saturated carbocycles. The lowest BCUT2D eigenvalue weighted by atomic mass is 10.0. The standard InChI is InChI=1S/C42H42ClFN10O5/c43-30-2-4-33(38-37(30)24(21-45)22-47-38)52-11-7-25(8-12-52)48-39(56)32-3-1-27(23-46-32)50-13-9-26(10-14-50)51-15-17-53(18-16-51)35-20-29-28(19-31(35)44)41(58)54(42(29)59)34-5-6-36(55)49-40(34)57/h1-4,19-20,22-23,25-26,34,47H,5-18H2,(H,48,56)(H,49,55,57). The first-order valence-corrected chi connectivity index (χ1v) is 20.5. The summed E-state index contributed by atoms with van der Waals surface area (Å²) in [5.74, 6) is -3.33. The third kappa shape index (κ3) is 7.12. The minimum Gasteiger partial charge on any atom is -0.370 e. The highest BCUT2D eigenvalue weighted by atomic mass is 35.5. The molecule has 2 aromatic carbocycles. The zero-order valence-corrected chi connectivity index (χ0v) is 32.9. The minimum atomic E-state index is -1.11. The summed E-state index contributed by atoms with van der Waals surface area (Å²) in [5, 5.41) is 16.1. The number of imide groups is 2. The molecule has 1 unspecified atom stereocenters. The van der Waals surface area contributed by atoms with Gasteiger partial charge in [-0.3, -0.25) is 39.1 Å². The van der Waals surface area contributed by atoms with Crippen LogP contribution in [0.4, 0.5) is 21.5 Å². The van der Waals surface area contributed by atoms with Gasteiger partial charge in [-0.05, 0) is 68.5 Å². The lowest BCUT2D eigenvalue weighted by Crippen LogP contribution is -2.54. The molecule has 4 fully saturated rings. The third-order valence-corrected chi connectivity index (χ3v) is 12.9. The highest BCUT2D eigenvalue weighted by Crippen LogP contribution is 2.36. The molecule has 304 valence electrons. The van der Waals surface area contributed by atoms with Crippen LogP contribution in [0.1, 0.15) is 75.3 Å². The maximum absolute atomic E-state index is 15.5. The number of piperidine rings is 3. The minimum absolute atomic E-state index is 0.0123. The molecule has 5 aliphatic heterocycles. The molecule has 0 aliphatic carbocycles. The lowest BCUT2D eigenvalue weighted by molar-refractivity contribution is -0.136. The van der Waals surface area contributed by atoms with Gasteiger partial charge >= 0.3 is 0 Å². The summed E-state index contributed by atoms with van der Waals surface area (Å²) >= 11 is 6.40. The van der Waals surface area contributed by atoms with Crippen molar-refractivity contribution in [2.75, 3.05) is 67.1 Å². The number of nitrogens with one attached hydrogen (secondary N) is 3. The summed E-state index contributed by atoms with van der Waals surface area (Å²) in [6.45, 7) is 5.66. The number of halogens is 2. The van der Waals surface area contributed by atoms with E-state index in [-0.39, 0.29) is 41.6 Å². The van der Waals surface area contributed by atoms with Crippen molar-refractivity contribution in [2.24, 2.45) is 0 Å². The molecular formula is C42H42ClFN10O5. The quantitative estimate of drug-likeness (QED) is 0.231. The summed E-state index contributed by atoms with van der Waals surface area (Å²) in [4.78, 5) is 81.1. The number of rotatable bonds is 7. The molecule has 0 spiro atoms. The van der Waals surface area contributed by atoms with E-state index in [1.54, 1.807) is 18.5 Å². The van der Waals surface area contributed by atoms with Gasteiger partial charge in [-0.2, -0.15) is 5.26 Å². The Hall–Kier alpha value is -6.05. The summed E-state index contributed by atoms with van der Waals surface area (Å²) < 4.78 is 15.5. The maximum atomic E-state index is 15.5. The van der Waals surface area contributed by atoms with Crippen molar-refractivity contribution < 1.29 is 28.4 Å². The SMILES string of the molecule is N#Cc1c[nH]c2c(N3CCC(NC(=O)c4ccc(N5CCC(N6CCN(c7cc8c(cc7F)C(=O)N(C7CCC(=O)NC7=O)C8=O)CC6)CC5)cn4)CC3)ccc(Cl)c12. The molecule has 4 aromatic rings. The van der Waals surface area contributed by atoms with E-state index >= 15 is 4.39 Å². The summed E-state index contributed by atoms with van der Waals surface area (Å²) in [5.41, 5.74) is 3.95. The van der Waals surface area contributed by atoms with Crippen molar-refractivity contribution in [1.82, 2.24) is 30.4 Å². The number of pyridine rings is 1. The van der Waals surface area contributed by atoms with Crippen LogP contribution in [0.15, 0.2) is 48.8 Å². The molecule has 5 aliphatic rings. The second-order valence-corrected chi connectivity index (χ2v) is 16.2. The van der Waals surface area contributed by atoms with Gasteiger partial charge in [-0.15, -0.1) is 0 Å². The van der Waals surface area contributed by atoms with Crippen molar-refractivity contribution in [3.05, 3.63) is 82.0 Å². The second-order valence-electron chi connectivity index (χ2n) is 15.8. The van der Waals surface area contributed by atoms with Crippen LogP contribution in [0.3, 0.4) is 0 Å². The molecule has 7 heterocycles. The fourth-order valence-electron chi connectivity index (χ4n) is 9.31. The summed E-state index contributed by atoms with van der Waals surface area (Å²) in [6.07, 6.45) is 6.91. The first-order valence-electron chi connectivity index (χ1n) is 20.1.